The van der Waals surface area contributed by atoms with Gasteiger partial charge in [-0.1, -0.05) is 53.5 Å². The molecule has 0 aliphatic carbocycles. The van der Waals surface area contributed by atoms with Crippen molar-refractivity contribution >= 4 is 35.6 Å². The summed E-state index contributed by atoms with van der Waals surface area (Å²) in [5.74, 6) is 0.499. The number of hydrogen-bond donors (Lipinski definition) is 1. The Labute approximate surface area is 128 Å². The van der Waals surface area contributed by atoms with Crippen molar-refractivity contribution in [2.75, 3.05) is 0 Å². The molecule has 0 atom stereocenters. The van der Waals surface area contributed by atoms with Gasteiger partial charge >= 0.3 is 0 Å². The lowest BCUT2D eigenvalue weighted by molar-refractivity contribution is 0.306. The summed E-state index contributed by atoms with van der Waals surface area (Å²) >= 11 is 12.2. The lowest BCUT2D eigenvalue weighted by atomic mass is 10.2. The van der Waals surface area contributed by atoms with Crippen LogP contribution in [-0.4, -0.2) is 0 Å². The first-order valence-electron chi connectivity index (χ1n) is 5.55. The van der Waals surface area contributed by atoms with Crippen LogP contribution >= 0.6 is 35.6 Å². The van der Waals surface area contributed by atoms with Crippen LogP contribution in [0.4, 0.5) is 0 Å². The fraction of sp³-hybridized carbons (Fsp3) is 0.143. The monoisotopic (exact) mass is 317 g/mol. The Balaban J connectivity index is 0.00000180. The van der Waals surface area contributed by atoms with Gasteiger partial charge in [-0.3, -0.25) is 0 Å². The minimum atomic E-state index is 0. The number of benzene rings is 2. The van der Waals surface area contributed by atoms with Gasteiger partial charge in [0, 0.05) is 6.54 Å². The zero-order valence-corrected chi connectivity index (χ0v) is 12.4. The molecule has 0 amide bonds. The van der Waals surface area contributed by atoms with Crippen molar-refractivity contribution in [1.29, 1.82) is 0 Å². The largest absolute Gasteiger partial charge is 0.486 e. The normalized spacial score (nSPS) is 9.84. The van der Waals surface area contributed by atoms with E-state index in [4.69, 9.17) is 33.7 Å². The molecular weight excluding hydrogens is 305 g/mol. The molecule has 0 aromatic heterocycles. The number of rotatable bonds is 4. The molecule has 0 saturated heterocycles. The van der Waals surface area contributed by atoms with Crippen LogP contribution in [0.5, 0.6) is 5.75 Å². The summed E-state index contributed by atoms with van der Waals surface area (Å²) in [6.45, 7) is 0.834. The molecule has 5 heteroatoms. The predicted molar refractivity (Wildman–Crippen MR) is 82.4 cm³/mol. The summed E-state index contributed by atoms with van der Waals surface area (Å²) in [6.07, 6.45) is 0. The Morgan fingerprint density at radius 1 is 0.947 bits per heavy atom. The first-order valence-corrected chi connectivity index (χ1v) is 6.31. The van der Waals surface area contributed by atoms with Crippen molar-refractivity contribution in [3.8, 4) is 5.75 Å². The highest BCUT2D eigenvalue weighted by Crippen LogP contribution is 2.34. The van der Waals surface area contributed by atoms with E-state index < -0.39 is 0 Å². The molecule has 19 heavy (non-hydrogen) atoms. The summed E-state index contributed by atoms with van der Waals surface area (Å²) in [4.78, 5) is 0. The summed E-state index contributed by atoms with van der Waals surface area (Å²) in [5, 5.41) is 0.970. The summed E-state index contributed by atoms with van der Waals surface area (Å²) in [6, 6.07) is 13.4. The lowest BCUT2D eigenvalue weighted by Crippen LogP contribution is -1.99. The average Bonchev–Trinajstić information content (AvgIpc) is 2.38. The molecule has 0 saturated carbocycles. The molecule has 102 valence electrons. The van der Waals surface area contributed by atoms with E-state index in [0.717, 1.165) is 11.1 Å². The Morgan fingerprint density at radius 2 is 1.53 bits per heavy atom. The summed E-state index contributed by atoms with van der Waals surface area (Å²) in [5.41, 5.74) is 7.49. The molecule has 0 unspecified atom stereocenters. The molecule has 2 aromatic carbocycles. The van der Waals surface area contributed by atoms with Crippen molar-refractivity contribution in [3.05, 3.63) is 63.6 Å². The highest BCUT2D eigenvalue weighted by molar-refractivity contribution is 6.37. The van der Waals surface area contributed by atoms with E-state index in [2.05, 4.69) is 0 Å². The van der Waals surface area contributed by atoms with Gasteiger partial charge in [-0.25, -0.2) is 0 Å². The average molecular weight is 319 g/mol. The molecular formula is C14H14Cl3NO. The van der Waals surface area contributed by atoms with Crippen molar-refractivity contribution < 1.29 is 4.74 Å². The SMILES string of the molecule is Cl.NCc1cc(Cl)c(OCc2ccccc2)c(Cl)c1. The van der Waals surface area contributed by atoms with Gasteiger partial charge in [0.15, 0.2) is 5.75 Å². The van der Waals surface area contributed by atoms with Crippen molar-refractivity contribution in [2.45, 2.75) is 13.2 Å². The summed E-state index contributed by atoms with van der Waals surface area (Å²) < 4.78 is 5.65. The standard InChI is InChI=1S/C14H13Cl2NO.ClH/c15-12-6-11(8-17)7-13(16)14(12)18-9-10-4-2-1-3-5-10;/h1-7H,8-9,17H2;1H. The zero-order valence-electron chi connectivity index (χ0n) is 10.1. The smallest absolute Gasteiger partial charge is 0.156 e. The molecule has 0 aliphatic rings. The van der Waals surface area contributed by atoms with Gasteiger partial charge < -0.3 is 10.5 Å². The van der Waals surface area contributed by atoms with Gasteiger partial charge in [-0.15, -0.1) is 12.4 Å². The van der Waals surface area contributed by atoms with Crippen LogP contribution in [0.15, 0.2) is 42.5 Å². The van der Waals surface area contributed by atoms with E-state index in [-0.39, 0.29) is 12.4 Å². The van der Waals surface area contributed by atoms with Gasteiger partial charge in [-0.2, -0.15) is 0 Å². The van der Waals surface area contributed by atoms with Crippen LogP contribution in [0.25, 0.3) is 0 Å². The Bertz CT molecular complexity index is 508. The van der Waals surface area contributed by atoms with E-state index in [1.807, 2.05) is 30.3 Å². The van der Waals surface area contributed by atoms with Gasteiger partial charge in [0.25, 0.3) is 0 Å². The minimum absolute atomic E-state index is 0. The molecule has 0 fully saturated rings. The second kappa shape index (κ2) is 7.61. The third-order valence-corrected chi connectivity index (χ3v) is 3.08. The second-order valence-corrected chi connectivity index (χ2v) is 4.68. The van der Waals surface area contributed by atoms with Crippen LogP contribution in [0.2, 0.25) is 10.0 Å². The molecule has 0 radical (unpaired) electrons. The van der Waals surface area contributed by atoms with Crippen molar-refractivity contribution in [1.82, 2.24) is 0 Å². The summed E-state index contributed by atoms with van der Waals surface area (Å²) in [7, 11) is 0. The maximum Gasteiger partial charge on any atom is 0.156 e. The predicted octanol–water partition coefficient (Wildman–Crippen LogP) is 4.45. The molecule has 0 bridgehead atoms. The third kappa shape index (κ3) is 4.29. The fourth-order valence-electron chi connectivity index (χ4n) is 1.60. The van der Waals surface area contributed by atoms with E-state index in [9.17, 15) is 0 Å². The highest BCUT2D eigenvalue weighted by atomic mass is 35.5. The molecule has 0 aliphatic heterocycles. The van der Waals surface area contributed by atoms with Crippen LogP contribution in [0, 0.1) is 0 Å². The number of hydrogen-bond acceptors (Lipinski definition) is 2. The number of halogens is 3. The van der Waals surface area contributed by atoms with Crippen molar-refractivity contribution in [3.63, 3.8) is 0 Å². The van der Waals surface area contributed by atoms with Crippen LogP contribution < -0.4 is 10.5 Å². The topological polar surface area (TPSA) is 35.2 Å². The van der Waals surface area contributed by atoms with E-state index in [1.165, 1.54) is 0 Å². The number of ether oxygens (including phenoxy) is 1. The van der Waals surface area contributed by atoms with Gasteiger partial charge in [0.2, 0.25) is 0 Å². The van der Waals surface area contributed by atoms with Crippen LogP contribution in [-0.2, 0) is 13.2 Å². The van der Waals surface area contributed by atoms with Crippen molar-refractivity contribution in [2.24, 2.45) is 5.73 Å². The minimum Gasteiger partial charge on any atom is -0.486 e. The second-order valence-electron chi connectivity index (χ2n) is 3.87. The Hall–Kier alpha value is -0.930. The van der Waals surface area contributed by atoms with Gasteiger partial charge in [0.05, 0.1) is 10.0 Å². The molecule has 2 aromatic rings. The Morgan fingerprint density at radius 3 is 2.05 bits per heavy atom. The van der Waals surface area contributed by atoms with Gasteiger partial charge in [-0.05, 0) is 23.3 Å². The molecule has 0 spiro atoms. The maximum absolute atomic E-state index is 6.11. The first kappa shape index (κ1) is 16.1. The molecule has 2 rings (SSSR count). The third-order valence-electron chi connectivity index (χ3n) is 2.52. The van der Waals surface area contributed by atoms with E-state index in [0.29, 0.717) is 28.9 Å². The highest BCUT2D eigenvalue weighted by Gasteiger charge is 2.09. The zero-order chi connectivity index (χ0) is 13.0. The molecule has 0 heterocycles. The van der Waals surface area contributed by atoms with Crippen LogP contribution in [0.3, 0.4) is 0 Å². The van der Waals surface area contributed by atoms with Crippen LogP contribution in [0.1, 0.15) is 11.1 Å². The molecule has 2 nitrogen and oxygen atoms in total. The molecule has 2 N–H and O–H groups in total. The first-order chi connectivity index (χ1) is 8.70. The van der Waals surface area contributed by atoms with E-state index >= 15 is 0 Å². The quantitative estimate of drug-likeness (QED) is 0.903. The number of nitrogens with two attached hydrogens (primary N) is 1. The lowest BCUT2D eigenvalue weighted by Gasteiger charge is -2.11. The van der Waals surface area contributed by atoms with E-state index in [1.54, 1.807) is 12.1 Å². The Kier molecular flexibility index (Phi) is 6.46. The van der Waals surface area contributed by atoms with Gasteiger partial charge in [0.1, 0.15) is 6.61 Å². The fourth-order valence-corrected chi connectivity index (χ4v) is 2.24. The maximum atomic E-state index is 6.11.